The van der Waals surface area contributed by atoms with Gasteiger partial charge in [0.2, 0.25) is 11.8 Å². The lowest BCUT2D eigenvalue weighted by Gasteiger charge is -2.16. The van der Waals surface area contributed by atoms with E-state index in [1.165, 1.54) is 17.3 Å². The third-order valence-corrected chi connectivity index (χ3v) is 4.01. The zero-order valence-electron chi connectivity index (χ0n) is 13.5. The first kappa shape index (κ1) is 16.8. The SMILES string of the molecule is O=C(NNC1CC(=O)N(CCc2ccccc2)C1=O)c1ccncc1. The Bertz CT molecular complexity index is 764. The molecule has 1 aliphatic rings. The van der Waals surface area contributed by atoms with Crippen LogP contribution in [0.25, 0.3) is 0 Å². The summed E-state index contributed by atoms with van der Waals surface area (Å²) >= 11 is 0. The predicted molar refractivity (Wildman–Crippen MR) is 90.1 cm³/mol. The molecule has 0 saturated carbocycles. The fourth-order valence-corrected chi connectivity index (χ4v) is 2.64. The molecular weight excluding hydrogens is 320 g/mol. The van der Waals surface area contributed by atoms with Gasteiger partial charge in [0.05, 0.1) is 6.42 Å². The molecule has 0 spiro atoms. The van der Waals surface area contributed by atoms with Gasteiger partial charge < -0.3 is 0 Å². The molecule has 1 aliphatic heterocycles. The highest BCUT2D eigenvalue weighted by Crippen LogP contribution is 2.14. The van der Waals surface area contributed by atoms with E-state index in [0.717, 1.165) is 5.56 Å². The minimum Gasteiger partial charge on any atom is -0.287 e. The highest BCUT2D eigenvalue weighted by Gasteiger charge is 2.38. The number of carbonyl (C=O) groups excluding carboxylic acids is 3. The molecular formula is C18H18N4O3. The van der Waals surface area contributed by atoms with E-state index in [2.05, 4.69) is 15.8 Å². The van der Waals surface area contributed by atoms with E-state index in [0.29, 0.717) is 18.5 Å². The van der Waals surface area contributed by atoms with Crippen LogP contribution in [0.1, 0.15) is 22.3 Å². The van der Waals surface area contributed by atoms with Gasteiger partial charge in [-0.1, -0.05) is 30.3 Å². The summed E-state index contributed by atoms with van der Waals surface area (Å²) in [6.45, 7) is 0.332. The Kier molecular flexibility index (Phi) is 5.15. The molecule has 1 fully saturated rings. The summed E-state index contributed by atoms with van der Waals surface area (Å²) in [6, 6.07) is 12.0. The molecule has 3 amide bonds. The summed E-state index contributed by atoms with van der Waals surface area (Å²) in [5, 5.41) is 0. The van der Waals surface area contributed by atoms with Gasteiger partial charge in [-0.05, 0) is 24.1 Å². The fourth-order valence-electron chi connectivity index (χ4n) is 2.64. The van der Waals surface area contributed by atoms with E-state index >= 15 is 0 Å². The molecule has 0 radical (unpaired) electrons. The Labute approximate surface area is 145 Å². The van der Waals surface area contributed by atoms with Crippen LogP contribution in [0.3, 0.4) is 0 Å². The van der Waals surface area contributed by atoms with E-state index in [1.54, 1.807) is 12.1 Å². The van der Waals surface area contributed by atoms with Crippen molar-refractivity contribution in [3.8, 4) is 0 Å². The number of hydrazine groups is 1. The summed E-state index contributed by atoms with van der Waals surface area (Å²) in [5.41, 5.74) is 6.60. The van der Waals surface area contributed by atoms with Crippen LogP contribution in [0.2, 0.25) is 0 Å². The van der Waals surface area contributed by atoms with Crippen molar-refractivity contribution in [2.45, 2.75) is 18.9 Å². The van der Waals surface area contributed by atoms with Crippen LogP contribution in [0, 0.1) is 0 Å². The molecule has 1 unspecified atom stereocenters. The maximum atomic E-state index is 12.4. The molecule has 0 bridgehead atoms. The molecule has 1 aromatic carbocycles. The fraction of sp³-hybridized carbons (Fsp3) is 0.222. The smallest absolute Gasteiger partial charge is 0.265 e. The van der Waals surface area contributed by atoms with Crippen LogP contribution in [-0.2, 0) is 16.0 Å². The van der Waals surface area contributed by atoms with E-state index in [9.17, 15) is 14.4 Å². The van der Waals surface area contributed by atoms with E-state index in [1.807, 2.05) is 30.3 Å². The maximum absolute atomic E-state index is 12.4. The van der Waals surface area contributed by atoms with E-state index in [-0.39, 0.29) is 24.1 Å². The second-order valence-corrected chi connectivity index (χ2v) is 5.71. The van der Waals surface area contributed by atoms with Crippen LogP contribution < -0.4 is 10.9 Å². The molecule has 2 N–H and O–H groups in total. The second-order valence-electron chi connectivity index (χ2n) is 5.71. The van der Waals surface area contributed by atoms with Crippen molar-refractivity contribution in [3.63, 3.8) is 0 Å². The number of amides is 3. The van der Waals surface area contributed by atoms with Crippen molar-refractivity contribution in [3.05, 3.63) is 66.0 Å². The summed E-state index contributed by atoms with van der Waals surface area (Å²) in [4.78, 5) is 41.5. The molecule has 128 valence electrons. The largest absolute Gasteiger partial charge is 0.287 e. The van der Waals surface area contributed by atoms with Gasteiger partial charge in [0, 0.05) is 24.5 Å². The van der Waals surface area contributed by atoms with Crippen molar-refractivity contribution >= 4 is 17.7 Å². The standard InChI is InChI=1S/C18H18N4O3/c23-16-12-15(20-21-17(24)14-6-9-19-10-7-14)18(25)22(16)11-8-13-4-2-1-3-5-13/h1-7,9-10,15,20H,8,11-12H2,(H,21,24). The minimum atomic E-state index is -0.742. The summed E-state index contributed by atoms with van der Waals surface area (Å²) in [6.07, 6.45) is 3.65. The molecule has 2 aromatic rings. The number of hydrogen-bond donors (Lipinski definition) is 2. The molecule has 1 atom stereocenters. The van der Waals surface area contributed by atoms with Gasteiger partial charge in [-0.3, -0.25) is 29.7 Å². The first-order valence-electron chi connectivity index (χ1n) is 7.99. The highest BCUT2D eigenvalue weighted by atomic mass is 16.2. The summed E-state index contributed by atoms with van der Waals surface area (Å²) in [7, 11) is 0. The quantitative estimate of drug-likeness (QED) is 0.597. The Morgan fingerprint density at radius 2 is 1.84 bits per heavy atom. The molecule has 25 heavy (non-hydrogen) atoms. The first-order chi connectivity index (χ1) is 12.1. The number of hydrogen-bond acceptors (Lipinski definition) is 5. The average Bonchev–Trinajstić information content (AvgIpc) is 2.93. The molecule has 7 nitrogen and oxygen atoms in total. The van der Waals surface area contributed by atoms with Crippen molar-refractivity contribution < 1.29 is 14.4 Å². The monoisotopic (exact) mass is 338 g/mol. The number of aromatic nitrogens is 1. The zero-order chi connectivity index (χ0) is 17.6. The van der Waals surface area contributed by atoms with Gasteiger partial charge in [-0.2, -0.15) is 0 Å². The lowest BCUT2D eigenvalue weighted by molar-refractivity contribution is -0.138. The van der Waals surface area contributed by atoms with Gasteiger partial charge in [0.25, 0.3) is 5.91 Å². The molecule has 3 rings (SSSR count). The minimum absolute atomic E-state index is 0.0320. The second kappa shape index (κ2) is 7.67. The highest BCUT2D eigenvalue weighted by molar-refractivity contribution is 6.05. The van der Waals surface area contributed by atoms with Crippen molar-refractivity contribution in [1.29, 1.82) is 0 Å². The van der Waals surface area contributed by atoms with Crippen LogP contribution in [0.15, 0.2) is 54.9 Å². The zero-order valence-corrected chi connectivity index (χ0v) is 13.5. The number of nitrogens with one attached hydrogen (secondary N) is 2. The number of imide groups is 1. The van der Waals surface area contributed by atoms with Crippen LogP contribution in [-0.4, -0.2) is 40.2 Å². The number of carbonyl (C=O) groups is 3. The Morgan fingerprint density at radius 1 is 1.12 bits per heavy atom. The molecule has 2 heterocycles. The average molecular weight is 338 g/mol. The van der Waals surface area contributed by atoms with Crippen LogP contribution >= 0.6 is 0 Å². The van der Waals surface area contributed by atoms with E-state index < -0.39 is 6.04 Å². The normalized spacial score (nSPS) is 17.0. The van der Waals surface area contributed by atoms with Gasteiger partial charge in [0.15, 0.2) is 0 Å². The third kappa shape index (κ3) is 4.07. The van der Waals surface area contributed by atoms with Crippen molar-refractivity contribution in [2.24, 2.45) is 0 Å². The first-order valence-corrected chi connectivity index (χ1v) is 7.99. The lowest BCUT2D eigenvalue weighted by Crippen LogP contribution is -2.48. The number of rotatable bonds is 6. The number of likely N-dealkylation sites (tertiary alicyclic amines) is 1. The summed E-state index contributed by atoms with van der Waals surface area (Å²) < 4.78 is 0. The maximum Gasteiger partial charge on any atom is 0.265 e. The van der Waals surface area contributed by atoms with Gasteiger partial charge in [-0.25, -0.2) is 5.43 Å². The number of benzene rings is 1. The molecule has 0 aliphatic carbocycles. The lowest BCUT2D eigenvalue weighted by atomic mass is 10.1. The Balaban J connectivity index is 1.53. The topological polar surface area (TPSA) is 91.4 Å². The van der Waals surface area contributed by atoms with Crippen molar-refractivity contribution in [2.75, 3.05) is 6.54 Å². The Morgan fingerprint density at radius 3 is 2.56 bits per heavy atom. The van der Waals surface area contributed by atoms with E-state index in [4.69, 9.17) is 0 Å². The third-order valence-electron chi connectivity index (χ3n) is 4.01. The number of nitrogens with zero attached hydrogens (tertiary/aromatic N) is 2. The van der Waals surface area contributed by atoms with Gasteiger partial charge in [0.1, 0.15) is 6.04 Å². The van der Waals surface area contributed by atoms with Gasteiger partial charge >= 0.3 is 0 Å². The Hall–Kier alpha value is -3.06. The van der Waals surface area contributed by atoms with Crippen LogP contribution in [0.4, 0.5) is 0 Å². The van der Waals surface area contributed by atoms with Crippen molar-refractivity contribution in [1.82, 2.24) is 20.7 Å². The molecule has 7 heteroatoms. The van der Waals surface area contributed by atoms with Gasteiger partial charge in [-0.15, -0.1) is 0 Å². The number of pyridine rings is 1. The van der Waals surface area contributed by atoms with Crippen LogP contribution in [0.5, 0.6) is 0 Å². The molecule has 1 aromatic heterocycles. The summed E-state index contributed by atoms with van der Waals surface area (Å²) in [5.74, 6) is -0.946. The predicted octanol–water partition coefficient (Wildman–Crippen LogP) is 0.686. The molecule has 1 saturated heterocycles.